The van der Waals surface area contributed by atoms with Gasteiger partial charge in [0.25, 0.3) is 0 Å². The van der Waals surface area contributed by atoms with E-state index in [0.29, 0.717) is 19.8 Å². The number of carbonyl (C=O) groups excluding carboxylic acids is 1. The molecule has 0 spiro atoms. The lowest BCUT2D eigenvalue weighted by molar-refractivity contribution is 0.0525. The Morgan fingerprint density at radius 3 is 2.76 bits per heavy atom. The molecule has 29 heavy (non-hydrogen) atoms. The molecule has 0 aliphatic carbocycles. The summed E-state index contributed by atoms with van der Waals surface area (Å²) in [7, 11) is 0. The third-order valence-corrected chi connectivity index (χ3v) is 4.60. The van der Waals surface area contributed by atoms with Gasteiger partial charge in [0, 0.05) is 18.5 Å². The molecule has 2 heterocycles. The molecule has 1 atom stereocenters. The highest BCUT2D eigenvalue weighted by Gasteiger charge is 2.18. The van der Waals surface area contributed by atoms with E-state index in [9.17, 15) is 4.79 Å². The van der Waals surface area contributed by atoms with Crippen LogP contribution in [0.4, 0.5) is 4.79 Å². The lowest BCUT2D eigenvalue weighted by Crippen LogP contribution is -2.33. The molecule has 0 aliphatic rings. The van der Waals surface area contributed by atoms with E-state index in [-0.39, 0.29) is 12.1 Å². The fourth-order valence-corrected chi connectivity index (χ4v) is 3.34. The number of amides is 1. The van der Waals surface area contributed by atoms with Crippen molar-refractivity contribution in [3.63, 3.8) is 0 Å². The van der Waals surface area contributed by atoms with E-state index in [0.717, 1.165) is 34.8 Å². The molecule has 1 amide bonds. The highest BCUT2D eigenvalue weighted by molar-refractivity contribution is 6.01. The molecule has 0 bridgehead atoms. The molecular formula is C22H30N4O3. The van der Waals surface area contributed by atoms with Gasteiger partial charge in [0.05, 0.1) is 36.2 Å². The Hall–Kier alpha value is -2.67. The monoisotopic (exact) mass is 398 g/mol. The van der Waals surface area contributed by atoms with Crippen LogP contribution in [-0.2, 0) is 9.47 Å². The predicted octanol–water partition coefficient (Wildman–Crippen LogP) is 4.47. The summed E-state index contributed by atoms with van der Waals surface area (Å²) in [6.07, 6.45) is 4.95. The second-order valence-corrected chi connectivity index (χ2v) is 8.05. The lowest BCUT2D eigenvalue weighted by Gasteiger charge is -2.21. The fourth-order valence-electron chi connectivity index (χ4n) is 3.34. The standard InChI is InChI=1S/C22H30N4O3/c1-5-28-14-16(9-8-12-23-21(27)29-22(2,3)4)26-15-25-19-13-24-18-11-7-6-10-17(18)20(19)26/h6-7,10-11,13,15-16H,5,8-9,12,14H2,1-4H3,(H,23,27). The van der Waals surface area contributed by atoms with Crippen molar-refractivity contribution in [3.8, 4) is 0 Å². The molecule has 3 rings (SSSR count). The molecule has 0 radical (unpaired) electrons. The van der Waals surface area contributed by atoms with E-state index < -0.39 is 5.60 Å². The van der Waals surface area contributed by atoms with Gasteiger partial charge >= 0.3 is 6.09 Å². The molecule has 0 saturated carbocycles. The molecule has 0 saturated heterocycles. The van der Waals surface area contributed by atoms with Gasteiger partial charge in [0.2, 0.25) is 0 Å². The van der Waals surface area contributed by atoms with Crippen LogP contribution in [0, 0.1) is 0 Å². The largest absolute Gasteiger partial charge is 0.444 e. The number of hydrogen-bond donors (Lipinski definition) is 1. The first-order chi connectivity index (χ1) is 13.9. The van der Waals surface area contributed by atoms with Crippen molar-refractivity contribution in [2.45, 2.75) is 52.2 Å². The van der Waals surface area contributed by atoms with E-state index in [1.54, 1.807) is 0 Å². The number of rotatable bonds is 8. The molecule has 1 unspecified atom stereocenters. The number of para-hydroxylation sites is 1. The van der Waals surface area contributed by atoms with Gasteiger partial charge in [-0.2, -0.15) is 0 Å². The minimum absolute atomic E-state index is 0.117. The van der Waals surface area contributed by atoms with Crippen molar-refractivity contribution in [2.24, 2.45) is 0 Å². The van der Waals surface area contributed by atoms with Crippen LogP contribution in [-0.4, -0.2) is 46.0 Å². The Morgan fingerprint density at radius 1 is 1.21 bits per heavy atom. The number of carbonyl (C=O) groups is 1. The third-order valence-electron chi connectivity index (χ3n) is 4.60. The van der Waals surface area contributed by atoms with Crippen molar-refractivity contribution in [1.82, 2.24) is 19.9 Å². The first kappa shape index (κ1) is 21.0. The average molecular weight is 399 g/mol. The van der Waals surface area contributed by atoms with Crippen LogP contribution >= 0.6 is 0 Å². The van der Waals surface area contributed by atoms with E-state index in [1.807, 2.05) is 58.4 Å². The zero-order valence-corrected chi connectivity index (χ0v) is 17.6. The molecule has 156 valence electrons. The summed E-state index contributed by atoms with van der Waals surface area (Å²) in [6.45, 7) is 9.35. The van der Waals surface area contributed by atoms with Gasteiger partial charge in [0.15, 0.2) is 0 Å². The summed E-state index contributed by atoms with van der Waals surface area (Å²) in [5.41, 5.74) is 2.40. The predicted molar refractivity (Wildman–Crippen MR) is 114 cm³/mol. The van der Waals surface area contributed by atoms with Crippen molar-refractivity contribution in [1.29, 1.82) is 0 Å². The molecule has 0 aliphatic heterocycles. The number of hydrogen-bond acceptors (Lipinski definition) is 5. The second kappa shape index (κ2) is 9.22. The minimum Gasteiger partial charge on any atom is -0.444 e. The fraction of sp³-hybridized carbons (Fsp3) is 0.500. The molecule has 1 aromatic carbocycles. The van der Waals surface area contributed by atoms with Gasteiger partial charge in [0.1, 0.15) is 11.1 Å². The highest BCUT2D eigenvalue weighted by Crippen LogP contribution is 2.27. The van der Waals surface area contributed by atoms with Crippen molar-refractivity contribution in [2.75, 3.05) is 19.8 Å². The molecular weight excluding hydrogens is 368 g/mol. The number of fused-ring (bicyclic) bond motifs is 3. The van der Waals surface area contributed by atoms with Gasteiger partial charge in [-0.25, -0.2) is 9.78 Å². The summed E-state index contributed by atoms with van der Waals surface area (Å²) in [6, 6.07) is 8.20. The van der Waals surface area contributed by atoms with Crippen LogP contribution in [0.1, 0.15) is 46.6 Å². The van der Waals surface area contributed by atoms with Crippen LogP contribution in [0.15, 0.2) is 36.8 Å². The van der Waals surface area contributed by atoms with E-state index in [4.69, 9.17) is 9.47 Å². The summed E-state index contributed by atoms with van der Waals surface area (Å²) in [5.74, 6) is 0. The summed E-state index contributed by atoms with van der Waals surface area (Å²) in [4.78, 5) is 20.9. The normalized spacial score (nSPS) is 13.0. The van der Waals surface area contributed by atoms with E-state index in [2.05, 4.69) is 25.9 Å². The number of benzene rings is 1. The number of nitrogens with one attached hydrogen (secondary N) is 1. The Kier molecular flexibility index (Phi) is 6.69. The quantitative estimate of drug-likeness (QED) is 0.567. The second-order valence-electron chi connectivity index (χ2n) is 8.05. The van der Waals surface area contributed by atoms with Gasteiger partial charge in [-0.05, 0) is 46.6 Å². The van der Waals surface area contributed by atoms with Gasteiger partial charge in [-0.1, -0.05) is 18.2 Å². The Morgan fingerprint density at radius 2 is 2.00 bits per heavy atom. The van der Waals surface area contributed by atoms with Crippen molar-refractivity contribution < 1.29 is 14.3 Å². The smallest absolute Gasteiger partial charge is 0.407 e. The molecule has 0 fully saturated rings. The molecule has 2 aromatic heterocycles. The SMILES string of the molecule is CCOCC(CCCNC(=O)OC(C)(C)C)n1cnc2cnc3ccccc3c21. The van der Waals surface area contributed by atoms with Crippen LogP contribution in [0.3, 0.4) is 0 Å². The van der Waals surface area contributed by atoms with E-state index in [1.165, 1.54) is 0 Å². The van der Waals surface area contributed by atoms with Crippen LogP contribution in [0.5, 0.6) is 0 Å². The first-order valence-corrected chi connectivity index (χ1v) is 10.1. The van der Waals surface area contributed by atoms with Crippen LogP contribution < -0.4 is 5.32 Å². The van der Waals surface area contributed by atoms with Gasteiger partial charge in [-0.3, -0.25) is 4.98 Å². The van der Waals surface area contributed by atoms with Gasteiger partial charge in [-0.15, -0.1) is 0 Å². The Bertz CT molecular complexity index is 961. The maximum Gasteiger partial charge on any atom is 0.407 e. The molecule has 7 nitrogen and oxygen atoms in total. The number of nitrogens with zero attached hydrogens (tertiary/aromatic N) is 3. The molecule has 7 heteroatoms. The third kappa shape index (κ3) is 5.44. The summed E-state index contributed by atoms with van der Waals surface area (Å²) in [5, 5.41) is 3.91. The average Bonchev–Trinajstić information content (AvgIpc) is 3.10. The minimum atomic E-state index is -0.494. The molecule has 3 aromatic rings. The summed E-state index contributed by atoms with van der Waals surface area (Å²) < 4.78 is 13.2. The van der Waals surface area contributed by atoms with Gasteiger partial charge < -0.3 is 19.4 Å². The van der Waals surface area contributed by atoms with Crippen molar-refractivity contribution >= 4 is 28.0 Å². The van der Waals surface area contributed by atoms with Crippen molar-refractivity contribution in [3.05, 3.63) is 36.8 Å². The number of imidazole rings is 1. The Labute approximate surface area is 171 Å². The Balaban J connectivity index is 1.74. The highest BCUT2D eigenvalue weighted by atomic mass is 16.6. The zero-order chi connectivity index (χ0) is 20.9. The maximum atomic E-state index is 11.8. The topological polar surface area (TPSA) is 78.3 Å². The van der Waals surface area contributed by atoms with Crippen LogP contribution in [0.2, 0.25) is 0 Å². The number of pyridine rings is 1. The maximum absolute atomic E-state index is 11.8. The van der Waals surface area contributed by atoms with E-state index >= 15 is 0 Å². The molecule has 1 N–H and O–H groups in total. The summed E-state index contributed by atoms with van der Waals surface area (Å²) >= 11 is 0. The number of ether oxygens (including phenoxy) is 2. The zero-order valence-electron chi connectivity index (χ0n) is 17.6. The first-order valence-electron chi connectivity index (χ1n) is 10.1. The number of alkyl carbamates (subject to hydrolysis) is 1. The van der Waals surface area contributed by atoms with Crippen LogP contribution in [0.25, 0.3) is 21.9 Å². The number of aromatic nitrogens is 3. The lowest BCUT2D eigenvalue weighted by atomic mass is 10.1.